The summed E-state index contributed by atoms with van der Waals surface area (Å²) in [6, 6.07) is 7.90. The summed E-state index contributed by atoms with van der Waals surface area (Å²) in [7, 11) is 0. The molecule has 3 nitrogen and oxygen atoms in total. The van der Waals surface area contributed by atoms with Crippen LogP contribution in [0.3, 0.4) is 0 Å². The van der Waals surface area contributed by atoms with Crippen molar-refractivity contribution >= 4 is 5.97 Å². The molecular formula is C12H17NO2. The predicted octanol–water partition coefficient (Wildman–Crippen LogP) is 2.11. The van der Waals surface area contributed by atoms with E-state index in [0.717, 1.165) is 17.5 Å². The van der Waals surface area contributed by atoms with Crippen LogP contribution in [0.1, 0.15) is 36.9 Å². The number of hydrogen-bond donors (Lipinski definition) is 2. The first kappa shape index (κ1) is 11.7. The maximum atomic E-state index is 10.4. The van der Waals surface area contributed by atoms with Crippen molar-refractivity contribution < 1.29 is 9.90 Å². The SMILES string of the molecule is CCC(N)c1cccc(CCC(=O)O)c1. The minimum Gasteiger partial charge on any atom is -0.481 e. The second kappa shape index (κ2) is 5.51. The molecule has 0 radical (unpaired) electrons. The van der Waals surface area contributed by atoms with E-state index in [2.05, 4.69) is 0 Å². The maximum absolute atomic E-state index is 10.4. The van der Waals surface area contributed by atoms with E-state index in [-0.39, 0.29) is 12.5 Å². The third-order valence-corrected chi connectivity index (χ3v) is 2.45. The van der Waals surface area contributed by atoms with Gasteiger partial charge in [-0.3, -0.25) is 4.79 Å². The minimum absolute atomic E-state index is 0.0507. The van der Waals surface area contributed by atoms with E-state index in [0.29, 0.717) is 6.42 Å². The van der Waals surface area contributed by atoms with E-state index >= 15 is 0 Å². The van der Waals surface area contributed by atoms with Crippen LogP contribution >= 0.6 is 0 Å². The summed E-state index contributed by atoms with van der Waals surface area (Å²) >= 11 is 0. The van der Waals surface area contributed by atoms with Crippen molar-refractivity contribution in [2.24, 2.45) is 5.73 Å². The van der Waals surface area contributed by atoms with Crippen LogP contribution in [0.15, 0.2) is 24.3 Å². The molecule has 0 amide bonds. The number of carbonyl (C=O) groups is 1. The zero-order valence-corrected chi connectivity index (χ0v) is 8.94. The second-order valence-corrected chi connectivity index (χ2v) is 3.65. The normalized spacial score (nSPS) is 12.4. The maximum Gasteiger partial charge on any atom is 0.303 e. The molecule has 1 rings (SSSR count). The second-order valence-electron chi connectivity index (χ2n) is 3.65. The smallest absolute Gasteiger partial charge is 0.303 e. The van der Waals surface area contributed by atoms with E-state index in [9.17, 15) is 4.79 Å². The van der Waals surface area contributed by atoms with Crippen LogP contribution in [0, 0.1) is 0 Å². The van der Waals surface area contributed by atoms with Gasteiger partial charge >= 0.3 is 5.97 Å². The van der Waals surface area contributed by atoms with E-state index in [1.54, 1.807) is 0 Å². The van der Waals surface area contributed by atoms with Crippen molar-refractivity contribution in [3.63, 3.8) is 0 Å². The zero-order valence-electron chi connectivity index (χ0n) is 8.94. The summed E-state index contributed by atoms with van der Waals surface area (Å²) in [5.74, 6) is -0.764. The average molecular weight is 207 g/mol. The molecule has 3 N–H and O–H groups in total. The standard InChI is InChI=1S/C12H17NO2/c1-2-11(13)10-5-3-4-9(8-10)6-7-12(14)15/h3-5,8,11H,2,6-7,13H2,1H3,(H,14,15). The molecule has 1 aromatic carbocycles. The highest BCUT2D eigenvalue weighted by molar-refractivity contribution is 5.67. The summed E-state index contributed by atoms with van der Waals surface area (Å²) in [6.45, 7) is 2.04. The largest absolute Gasteiger partial charge is 0.481 e. The number of benzene rings is 1. The van der Waals surface area contributed by atoms with Gasteiger partial charge in [-0.05, 0) is 24.0 Å². The number of carboxylic acid groups (broad SMARTS) is 1. The molecule has 1 unspecified atom stereocenters. The highest BCUT2D eigenvalue weighted by atomic mass is 16.4. The van der Waals surface area contributed by atoms with Crippen molar-refractivity contribution in [1.29, 1.82) is 0 Å². The molecule has 0 heterocycles. The van der Waals surface area contributed by atoms with E-state index in [4.69, 9.17) is 10.8 Å². The van der Waals surface area contributed by atoms with Gasteiger partial charge in [0.05, 0.1) is 0 Å². The Morgan fingerprint density at radius 1 is 1.53 bits per heavy atom. The van der Waals surface area contributed by atoms with Crippen LogP contribution in [0.4, 0.5) is 0 Å². The highest BCUT2D eigenvalue weighted by Gasteiger charge is 2.04. The molecule has 0 fully saturated rings. The summed E-state index contributed by atoms with van der Waals surface area (Å²) < 4.78 is 0. The van der Waals surface area contributed by atoms with Crippen LogP contribution < -0.4 is 5.73 Å². The highest BCUT2D eigenvalue weighted by Crippen LogP contribution is 2.15. The summed E-state index contributed by atoms with van der Waals surface area (Å²) in [5, 5.41) is 8.57. The molecule has 0 aliphatic heterocycles. The van der Waals surface area contributed by atoms with Gasteiger partial charge in [0, 0.05) is 12.5 Å². The Morgan fingerprint density at radius 3 is 2.87 bits per heavy atom. The van der Waals surface area contributed by atoms with E-state index in [1.807, 2.05) is 31.2 Å². The quantitative estimate of drug-likeness (QED) is 0.777. The van der Waals surface area contributed by atoms with Gasteiger partial charge in [0.25, 0.3) is 0 Å². The Balaban J connectivity index is 2.69. The average Bonchev–Trinajstić information content (AvgIpc) is 2.25. The Labute approximate surface area is 89.9 Å². The fourth-order valence-corrected chi connectivity index (χ4v) is 1.47. The van der Waals surface area contributed by atoms with Crippen LogP contribution in [0.25, 0.3) is 0 Å². The first-order chi connectivity index (χ1) is 7.13. The molecule has 3 heteroatoms. The van der Waals surface area contributed by atoms with Gasteiger partial charge in [0.2, 0.25) is 0 Å². The lowest BCUT2D eigenvalue weighted by Crippen LogP contribution is -2.09. The van der Waals surface area contributed by atoms with Gasteiger partial charge in [0.15, 0.2) is 0 Å². The Kier molecular flexibility index (Phi) is 4.31. The zero-order chi connectivity index (χ0) is 11.3. The van der Waals surface area contributed by atoms with Gasteiger partial charge in [-0.15, -0.1) is 0 Å². The van der Waals surface area contributed by atoms with E-state index < -0.39 is 5.97 Å². The van der Waals surface area contributed by atoms with Gasteiger partial charge in [0.1, 0.15) is 0 Å². The molecule has 0 bridgehead atoms. The molecule has 1 atom stereocenters. The Hall–Kier alpha value is -1.35. The molecule has 1 aromatic rings. The Morgan fingerprint density at radius 2 is 2.27 bits per heavy atom. The first-order valence-electron chi connectivity index (χ1n) is 5.19. The lowest BCUT2D eigenvalue weighted by molar-refractivity contribution is -0.136. The molecular weight excluding hydrogens is 190 g/mol. The van der Waals surface area contributed by atoms with Gasteiger partial charge < -0.3 is 10.8 Å². The van der Waals surface area contributed by atoms with Crippen LogP contribution in [0.2, 0.25) is 0 Å². The monoisotopic (exact) mass is 207 g/mol. The molecule has 0 saturated heterocycles. The van der Waals surface area contributed by atoms with Crippen LogP contribution in [0.5, 0.6) is 0 Å². The molecule has 0 spiro atoms. The number of nitrogens with two attached hydrogens (primary N) is 1. The van der Waals surface area contributed by atoms with E-state index in [1.165, 1.54) is 0 Å². The van der Waals surface area contributed by atoms with Crippen molar-refractivity contribution in [3.05, 3.63) is 35.4 Å². The van der Waals surface area contributed by atoms with Crippen LogP contribution in [-0.4, -0.2) is 11.1 Å². The first-order valence-corrected chi connectivity index (χ1v) is 5.19. The van der Waals surface area contributed by atoms with Crippen molar-refractivity contribution in [3.8, 4) is 0 Å². The third-order valence-electron chi connectivity index (χ3n) is 2.45. The lowest BCUT2D eigenvalue weighted by Gasteiger charge is -2.10. The summed E-state index contributed by atoms with van der Waals surface area (Å²) in [5.41, 5.74) is 8.03. The molecule has 0 aromatic heterocycles. The van der Waals surface area contributed by atoms with Crippen LogP contribution in [-0.2, 0) is 11.2 Å². The molecule has 15 heavy (non-hydrogen) atoms. The molecule has 0 saturated carbocycles. The number of hydrogen-bond acceptors (Lipinski definition) is 2. The number of rotatable bonds is 5. The van der Waals surface area contributed by atoms with Gasteiger partial charge in [-0.1, -0.05) is 31.2 Å². The Bertz CT molecular complexity index is 336. The number of aryl methyl sites for hydroxylation is 1. The fraction of sp³-hybridized carbons (Fsp3) is 0.417. The molecule has 82 valence electrons. The fourth-order valence-electron chi connectivity index (χ4n) is 1.47. The van der Waals surface area contributed by atoms with Crippen molar-refractivity contribution in [1.82, 2.24) is 0 Å². The topological polar surface area (TPSA) is 63.3 Å². The third kappa shape index (κ3) is 3.72. The number of carboxylic acids is 1. The van der Waals surface area contributed by atoms with Crippen molar-refractivity contribution in [2.45, 2.75) is 32.2 Å². The molecule has 0 aliphatic rings. The van der Waals surface area contributed by atoms with Gasteiger partial charge in [-0.25, -0.2) is 0 Å². The minimum atomic E-state index is -0.764. The van der Waals surface area contributed by atoms with Crippen molar-refractivity contribution in [2.75, 3.05) is 0 Å². The predicted molar refractivity (Wildman–Crippen MR) is 59.6 cm³/mol. The van der Waals surface area contributed by atoms with Gasteiger partial charge in [-0.2, -0.15) is 0 Å². The lowest BCUT2D eigenvalue weighted by atomic mass is 10.0. The molecule has 0 aliphatic carbocycles. The summed E-state index contributed by atoms with van der Waals surface area (Å²) in [6.07, 6.45) is 1.63. The summed E-state index contributed by atoms with van der Waals surface area (Å²) in [4.78, 5) is 10.4. The number of aliphatic carboxylic acids is 1.